The molecule has 8 nitrogen and oxygen atoms in total. The predicted molar refractivity (Wildman–Crippen MR) is 105 cm³/mol. The number of carbonyl (C=O) groups is 3. The monoisotopic (exact) mass is 394 g/mol. The van der Waals surface area contributed by atoms with E-state index in [1.54, 1.807) is 65.8 Å². The molecule has 8 heteroatoms. The molecule has 0 fully saturated rings. The Kier molecular flexibility index (Phi) is 7.84. The van der Waals surface area contributed by atoms with E-state index in [-0.39, 0.29) is 6.42 Å². The van der Waals surface area contributed by atoms with Crippen LogP contribution in [0.3, 0.4) is 0 Å². The molecule has 2 amide bonds. The third kappa shape index (κ3) is 9.25. The number of alkyl carbamates (subject to hydrolysis) is 1. The van der Waals surface area contributed by atoms with Crippen molar-refractivity contribution >= 4 is 23.8 Å². The van der Waals surface area contributed by atoms with E-state index in [4.69, 9.17) is 14.2 Å². The van der Waals surface area contributed by atoms with Gasteiger partial charge in [-0.3, -0.25) is 5.32 Å². The first-order valence-electron chi connectivity index (χ1n) is 8.95. The van der Waals surface area contributed by atoms with Gasteiger partial charge in [0.25, 0.3) is 0 Å². The lowest BCUT2D eigenvalue weighted by molar-refractivity contribution is -0.143. The van der Waals surface area contributed by atoms with Crippen molar-refractivity contribution in [2.24, 2.45) is 0 Å². The maximum Gasteiger partial charge on any atom is 0.412 e. The highest BCUT2D eigenvalue weighted by Crippen LogP contribution is 2.15. The molecule has 0 saturated heterocycles. The summed E-state index contributed by atoms with van der Waals surface area (Å²) in [6.45, 7) is 10.5. The lowest BCUT2D eigenvalue weighted by atomic mass is 10.1. The van der Waals surface area contributed by atoms with Gasteiger partial charge in [-0.05, 0) is 59.2 Å². The second kappa shape index (κ2) is 9.43. The number of esters is 1. The highest BCUT2D eigenvalue weighted by atomic mass is 16.6. The predicted octanol–water partition coefficient (Wildman–Crippen LogP) is 3.64. The number of amides is 2. The van der Waals surface area contributed by atoms with Crippen molar-refractivity contribution in [2.45, 2.75) is 65.2 Å². The number of anilines is 1. The Morgan fingerprint density at radius 1 is 0.893 bits per heavy atom. The fraction of sp³-hybridized carbons (Fsp3) is 0.550. The molecule has 0 aliphatic heterocycles. The molecular weight excluding hydrogens is 364 g/mol. The number of hydrogen-bond donors (Lipinski definition) is 2. The SMILES string of the molecule is COC(=O)[C@@H](Cc1ccc(NC(=O)OC(C)(C)C)cc1)NC(=O)OC(C)(C)C. The van der Waals surface area contributed by atoms with Crippen LogP contribution in [0.2, 0.25) is 0 Å². The molecule has 0 unspecified atom stereocenters. The molecule has 2 N–H and O–H groups in total. The zero-order valence-corrected chi connectivity index (χ0v) is 17.5. The zero-order valence-electron chi connectivity index (χ0n) is 17.5. The largest absolute Gasteiger partial charge is 0.467 e. The second-order valence-corrected chi connectivity index (χ2v) is 8.25. The van der Waals surface area contributed by atoms with Gasteiger partial charge in [-0.2, -0.15) is 0 Å². The van der Waals surface area contributed by atoms with Crippen LogP contribution in [0, 0.1) is 0 Å². The number of methoxy groups -OCH3 is 1. The van der Waals surface area contributed by atoms with Crippen LogP contribution in [-0.4, -0.2) is 42.5 Å². The summed E-state index contributed by atoms with van der Waals surface area (Å²) in [5.41, 5.74) is 0.0408. The Hall–Kier alpha value is -2.77. The molecule has 156 valence electrons. The van der Waals surface area contributed by atoms with Crippen LogP contribution in [0.15, 0.2) is 24.3 Å². The Morgan fingerprint density at radius 3 is 1.86 bits per heavy atom. The number of rotatable bonds is 5. The van der Waals surface area contributed by atoms with Crippen LogP contribution < -0.4 is 10.6 Å². The summed E-state index contributed by atoms with van der Waals surface area (Å²) in [6.07, 6.45) is -1.05. The Morgan fingerprint density at radius 2 is 1.39 bits per heavy atom. The van der Waals surface area contributed by atoms with Gasteiger partial charge in [-0.25, -0.2) is 14.4 Å². The third-order valence-corrected chi connectivity index (χ3v) is 3.22. The second-order valence-electron chi connectivity index (χ2n) is 8.25. The number of hydrogen-bond acceptors (Lipinski definition) is 6. The van der Waals surface area contributed by atoms with Crippen LogP contribution >= 0.6 is 0 Å². The van der Waals surface area contributed by atoms with E-state index >= 15 is 0 Å². The molecule has 0 saturated carbocycles. The Bertz CT molecular complexity index is 686. The first-order chi connectivity index (χ1) is 12.8. The fourth-order valence-electron chi connectivity index (χ4n) is 2.17. The minimum atomic E-state index is -0.899. The van der Waals surface area contributed by atoms with Crippen molar-refractivity contribution in [1.82, 2.24) is 5.32 Å². The van der Waals surface area contributed by atoms with E-state index in [2.05, 4.69) is 10.6 Å². The van der Waals surface area contributed by atoms with Crippen molar-refractivity contribution in [1.29, 1.82) is 0 Å². The normalized spacial score (nSPS) is 12.5. The zero-order chi connectivity index (χ0) is 21.5. The summed E-state index contributed by atoms with van der Waals surface area (Å²) < 4.78 is 15.1. The average Bonchev–Trinajstić information content (AvgIpc) is 2.51. The van der Waals surface area contributed by atoms with Crippen molar-refractivity contribution in [3.63, 3.8) is 0 Å². The quantitative estimate of drug-likeness (QED) is 0.584. The first-order valence-corrected chi connectivity index (χ1v) is 8.95. The van der Waals surface area contributed by atoms with Gasteiger partial charge in [0.1, 0.15) is 17.2 Å². The molecule has 0 radical (unpaired) electrons. The Labute approximate surface area is 165 Å². The molecule has 28 heavy (non-hydrogen) atoms. The lowest BCUT2D eigenvalue weighted by Gasteiger charge is -2.22. The highest BCUT2D eigenvalue weighted by molar-refractivity contribution is 5.85. The summed E-state index contributed by atoms with van der Waals surface area (Å²) in [6, 6.07) is 5.94. The van der Waals surface area contributed by atoms with Crippen LogP contribution in [-0.2, 0) is 25.4 Å². The van der Waals surface area contributed by atoms with Gasteiger partial charge >= 0.3 is 18.2 Å². The molecule has 0 aliphatic rings. The molecule has 0 aliphatic carbocycles. The topological polar surface area (TPSA) is 103 Å². The maximum atomic E-state index is 12.0. The van der Waals surface area contributed by atoms with Crippen molar-refractivity contribution in [2.75, 3.05) is 12.4 Å². The van der Waals surface area contributed by atoms with E-state index < -0.39 is 35.4 Å². The molecule has 1 atom stereocenters. The first kappa shape index (κ1) is 23.3. The molecular formula is C20H30N2O6. The number of carbonyl (C=O) groups excluding carboxylic acids is 3. The van der Waals surface area contributed by atoms with Gasteiger partial charge in [0, 0.05) is 12.1 Å². The van der Waals surface area contributed by atoms with Crippen LogP contribution in [0.4, 0.5) is 15.3 Å². The molecule has 0 spiro atoms. The number of ether oxygens (including phenoxy) is 3. The summed E-state index contributed by atoms with van der Waals surface area (Å²) in [4.78, 5) is 35.8. The van der Waals surface area contributed by atoms with Crippen molar-refractivity contribution in [3.05, 3.63) is 29.8 Å². The smallest absolute Gasteiger partial charge is 0.412 e. The lowest BCUT2D eigenvalue weighted by Crippen LogP contribution is -2.45. The van der Waals surface area contributed by atoms with Gasteiger partial charge in [-0.1, -0.05) is 12.1 Å². The van der Waals surface area contributed by atoms with Crippen molar-refractivity contribution in [3.8, 4) is 0 Å². The highest BCUT2D eigenvalue weighted by Gasteiger charge is 2.25. The molecule has 1 aromatic carbocycles. The summed E-state index contributed by atoms with van der Waals surface area (Å²) in [7, 11) is 1.25. The average molecular weight is 394 g/mol. The van der Waals surface area contributed by atoms with Crippen LogP contribution in [0.25, 0.3) is 0 Å². The number of nitrogens with one attached hydrogen (secondary N) is 2. The fourth-order valence-corrected chi connectivity index (χ4v) is 2.17. The van der Waals surface area contributed by atoms with E-state index in [1.165, 1.54) is 7.11 Å². The molecule has 1 aromatic rings. The number of benzene rings is 1. The van der Waals surface area contributed by atoms with Gasteiger partial charge in [-0.15, -0.1) is 0 Å². The molecule has 0 aromatic heterocycles. The van der Waals surface area contributed by atoms with E-state index in [1.807, 2.05) is 0 Å². The van der Waals surface area contributed by atoms with E-state index in [0.29, 0.717) is 5.69 Å². The summed E-state index contributed by atoms with van der Waals surface area (Å²) >= 11 is 0. The van der Waals surface area contributed by atoms with Crippen LogP contribution in [0.1, 0.15) is 47.1 Å². The van der Waals surface area contributed by atoms with Gasteiger partial charge in [0.2, 0.25) is 0 Å². The summed E-state index contributed by atoms with van der Waals surface area (Å²) in [5, 5.41) is 5.15. The maximum absolute atomic E-state index is 12.0. The summed E-state index contributed by atoms with van der Waals surface area (Å²) in [5.74, 6) is -0.582. The Balaban J connectivity index is 2.75. The minimum Gasteiger partial charge on any atom is -0.467 e. The molecule has 0 bridgehead atoms. The van der Waals surface area contributed by atoms with Gasteiger partial charge in [0.05, 0.1) is 7.11 Å². The molecule has 1 rings (SSSR count). The van der Waals surface area contributed by atoms with Crippen LogP contribution in [0.5, 0.6) is 0 Å². The van der Waals surface area contributed by atoms with E-state index in [9.17, 15) is 14.4 Å². The van der Waals surface area contributed by atoms with Crippen molar-refractivity contribution < 1.29 is 28.6 Å². The van der Waals surface area contributed by atoms with E-state index in [0.717, 1.165) is 5.56 Å². The standard InChI is InChI=1S/C20H30N2O6/c1-19(2,3)27-17(24)21-14-10-8-13(9-11-14)12-15(16(23)26-7)22-18(25)28-20(4,5)6/h8-11,15H,12H2,1-7H3,(H,21,24)(H,22,25)/t15-/m1/s1. The minimum absolute atomic E-state index is 0.207. The van der Waals surface area contributed by atoms with Gasteiger partial charge < -0.3 is 19.5 Å². The third-order valence-electron chi connectivity index (χ3n) is 3.22. The van der Waals surface area contributed by atoms with Gasteiger partial charge in [0.15, 0.2) is 0 Å². The molecule has 0 heterocycles.